The van der Waals surface area contributed by atoms with E-state index in [9.17, 15) is 0 Å². The molecule has 2 rings (SSSR count). The lowest BCUT2D eigenvalue weighted by atomic mass is 10.4. The smallest absolute Gasteiger partial charge is 0.241 e. The zero-order valence-electron chi connectivity index (χ0n) is 10.8. The Labute approximate surface area is 110 Å². The molecule has 0 spiro atoms. The van der Waals surface area contributed by atoms with Crippen LogP contribution in [0.4, 0.5) is 0 Å². The summed E-state index contributed by atoms with van der Waals surface area (Å²) >= 11 is 0. The quantitative estimate of drug-likeness (QED) is 0.756. The van der Waals surface area contributed by atoms with E-state index < -0.39 is 0 Å². The maximum atomic E-state index is 9.01. The van der Waals surface area contributed by atoms with E-state index in [-0.39, 0.29) is 6.61 Å². The van der Waals surface area contributed by atoms with Gasteiger partial charge in [0.05, 0.1) is 26.0 Å². The molecule has 0 aliphatic heterocycles. The molecule has 2 heterocycles. The predicted octanol–water partition coefficient (Wildman–Crippen LogP) is 0.770. The maximum absolute atomic E-state index is 9.01. The van der Waals surface area contributed by atoms with E-state index in [2.05, 4.69) is 10.1 Å². The van der Waals surface area contributed by atoms with Crippen molar-refractivity contribution in [3.05, 3.63) is 24.3 Å². The van der Waals surface area contributed by atoms with Crippen molar-refractivity contribution < 1.29 is 18.8 Å². The third-order valence-electron chi connectivity index (χ3n) is 2.60. The molecule has 0 atom stereocenters. The van der Waals surface area contributed by atoms with Crippen molar-refractivity contribution in [2.24, 2.45) is 0 Å². The highest BCUT2D eigenvalue weighted by molar-refractivity contribution is 5.44. The number of hydrogen-bond acceptors (Lipinski definition) is 7. The average Bonchev–Trinajstić information content (AvgIpc) is 3.06. The van der Waals surface area contributed by atoms with E-state index >= 15 is 0 Å². The Morgan fingerprint density at radius 2 is 2.32 bits per heavy atom. The first-order chi connectivity index (χ1) is 9.33. The molecule has 0 radical (unpaired) electrons. The summed E-state index contributed by atoms with van der Waals surface area (Å²) in [6.45, 7) is 2.34. The molecule has 0 aromatic carbocycles. The van der Waals surface area contributed by atoms with E-state index in [1.807, 2.05) is 4.90 Å². The standard InChI is InChI=1S/C12H17N3O4/c1-17-8-5-15(4-6-16)9-11-13-12(14-19-11)10-3-2-7-18-10/h2-3,7,16H,4-6,8-9H2,1H3. The molecule has 0 fully saturated rings. The van der Waals surface area contributed by atoms with Gasteiger partial charge in [-0.1, -0.05) is 5.16 Å². The van der Waals surface area contributed by atoms with Gasteiger partial charge in [0, 0.05) is 20.2 Å². The lowest BCUT2D eigenvalue weighted by Gasteiger charge is -2.18. The minimum atomic E-state index is 0.0723. The van der Waals surface area contributed by atoms with Crippen molar-refractivity contribution in [3.63, 3.8) is 0 Å². The highest BCUT2D eigenvalue weighted by Crippen LogP contribution is 2.16. The van der Waals surface area contributed by atoms with Crippen LogP contribution in [0.5, 0.6) is 0 Å². The Kier molecular flexibility index (Phi) is 5.08. The van der Waals surface area contributed by atoms with Gasteiger partial charge in [0.1, 0.15) is 0 Å². The Bertz CT molecular complexity index is 469. The molecule has 2 aromatic rings. The molecule has 7 heteroatoms. The molecule has 0 saturated carbocycles. The normalized spacial score (nSPS) is 11.3. The van der Waals surface area contributed by atoms with Crippen LogP contribution in [0.1, 0.15) is 5.89 Å². The van der Waals surface area contributed by atoms with Crippen molar-refractivity contribution in [2.45, 2.75) is 6.54 Å². The Morgan fingerprint density at radius 1 is 1.42 bits per heavy atom. The van der Waals surface area contributed by atoms with Crippen molar-refractivity contribution in [1.82, 2.24) is 15.0 Å². The molecule has 104 valence electrons. The number of nitrogens with zero attached hydrogens (tertiary/aromatic N) is 3. The van der Waals surface area contributed by atoms with Crippen LogP contribution in [0.25, 0.3) is 11.6 Å². The molecule has 0 amide bonds. The summed E-state index contributed by atoms with van der Waals surface area (Å²) in [6.07, 6.45) is 1.56. The molecule has 2 aromatic heterocycles. The minimum Gasteiger partial charge on any atom is -0.461 e. The lowest BCUT2D eigenvalue weighted by Crippen LogP contribution is -2.29. The van der Waals surface area contributed by atoms with Gasteiger partial charge in [-0.05, 0) is 12.1 Å². The second-order valence-electron chi connectivity index (χ2n) is 3.98. The highest BCUT2D eigenvalue weighted by atomic mass is 16.5. The Balaban J connectivity index is 1.97. The van der Waals surface area contributed by atoms with Gasteiger partial charge in [-0.25, -0.2) is 0 Å². The summed E-state index contributed by atoms with van der Waals surface area (Å²) in [5.41, 5.74) is 0. The fraction of sp³-hybridized carbons (Fsp3) is 0.500. The SMILES string of the molecule is COCCN(CCO)Cc1nc(-c2ccco2)no1. The van der Waals surface area contributed by atoms with Crippen LogP contribution in [-0.2, 0) is 11.3 Å². The van der Waals surface area contributed by atoms with E-state index in [4.69, 9.17) is 18.8 Å². The number of aliphatic hydroxyl groups excluding tert-OH is 1. The molecule has 0 aliphatic carbocycles. The lowest BCUT2D eigenvalue weighted by molar-refractivity contribution is 0.118. The number of furan rings is 1. The number of ether oxygens (including phenoxy) is 1. The van der Waals surface area contributed by atoms with Gasteiger partial charge in [-0.2, -0.15) is 4.98 Å². The summed E-state index contributed by atoms with van der Waals surface area (Å²) in [6, 6.07) is 3.53. The summed E-state index contributed by atoms with van der Waals surface area (Å²) in [5, 5.41) is 12.9. The predicted molar refractivity (Wildman–Crippen MR) is 66.2 cm³/mol. The third-order valence-corrected chi connectivity index (χ3v) is 2.60. The number of hydrogen-bond donors (Lipinski definition) is 1. The largest absolute Gasteiger partial charge is 0.461 e. The minimum absolute atomic E-state index is 0.0723. The van der Waals surface area contributed by atoms with E-state index in [0.29, 0.717) is 43.7 Å². The van der Waals surface area contributed by atoms with Gasteiger partial charge < -0.3 is 18.8 Å². The fourth-order valence-electron chi connectivity index (χ4n) is 1.65. The third kappa shape index (κ3) is 3.88. The summed E-state index contributed by atoms with van der Waals surface area (Å²) in [5.74, 6) is 1.48. The van der Waals surface area contributed by atoms with Gasteiger partial charge in [0.15, 0.2) is 5.76 Å². The second-order valence-corrected chi connectivity index (χ2v) is 3.98. The van der Waals surface area contributed by atoms with Gasteiger partial charge in [0.2, 0.25) is 11.7 Å². The van der Waals surface area contributed by atoms with Gasteiger partial charge in [0.25, 0.3) is 0 Å². The van der Waals surface area contributed by atoms with Crippen molar-refractivity contribution in [3.8, 4) is 11.6 Å². The zero-order valence-corrected chi connectivity index (χ0v) is 10.8. The van der Waals surface area contributed by atoms with Crippen LogP contribution < -0.4 is 0 Å². The number of aliphatic hydroxyl groups is 1. The van der Waals surface area contributed by atoms with Crippen LogP contribution >= 0.6 is 0 Å². The van der Waals surface area contributed by atoms with Crippen molar-refractivity contribution in [1.29, 1.82) is 0 Å². The van der Waals surface area contributed by atoms with E-state index in [0.717, 1.165) is 0 Å². The molecule has 7 nitrogen and oxygen atoms in total. The first kappa shape index (κ1) is 13.7. The van der Waals surface area contributed by atoms with E-state index in [1.165, 1.54) is 0 Å². The molecule has 0 bridgehead atoms. The Hall–Kier alpha value is -1.70. The fourth-order valence-corrected chi connectivity index (χ4v) is 1.65. The van der Waals surface area contributed by atoms with Crippen LogP contribution in [0.2, 0.25) is 0 Å². The molecule has 0 unspecified atom stereocenters. The Morgan fingerprint density at radius 3 is 3.00 bits per heavy atom. The van der Waals surface area contributed by atoms with Crippen LogP contribution in [-0.4, -0.2) is 53.6 Å². The number of aromatic nitrogens is 2. The topological polar surface area (TPSA) is 84.8 Å². The second kappa shape index (κ2) is 7.03. The average molecular weight is 267 g/mol. The number of methoxy groups -OCH3 is 1. The number of rotatable bonds is 8. The molecule has 0 saturated heterocycles. The van der Waals surface area contributed by atoms with Crippen molar-refractivity contribution >= 4 is 0 Å². The molecule has 0 aliphatic rings. The summed E-state index contributed by atoms with van der Waals surface area (Å²) < 4.78 is 15.4. The monoisotopic (exact) mass is 267 g/mol. The maximum Gasteiger partial charge on any atom is 0.241 e. The van der Waals surface area contributed by atoms with Crippen LogP contribution in [0.15, 0.2) is 27.3 Å². The molecule has 19 heavy (non-hydrogen) atoms. The summed E-state index contributed by atoms with van der Waals surface area (Å²) in [4.78, 5) is 6.22. The van der Waals surface area contributed by atoms with E-state index in [1.54, 1.807) is 25.5 Å². The van der Waals surface area contributed by atoms with Crippen LogP contribution in [0.3, 0.4) is 0 Å². The van der Waals surface area contributed by atoms with Crippen LogP contribution in [0, 0.1) is 0 Å². The first-order valence-electron chi connectivity index (χ1n) is 6.02. The van der Waals surface area contributed by atoms with Gasteiger partial charge >= 0.3 is 0 Å². The zero-order chi connectivity index (χ0) is 13.5. The first-order valence-corrected chi connectivity index (χ1v) is 6.02. The molecular formula is C12H17N3O4. The van der Waals surface area contributed by atoms with Crippen molar-refractivity contribution in [2.75, 3.05) is 33.4 Å². The molecule has 1 N–H and O–H groups in total. The van der Waals surface area contributed by atoms with Gasteiger partial charge in [-0.3, -0.25) is 4.90 Å². The highest BCUT2D eigenvalue weighted by Gasteiger charge is 2.14. The van der Waals surface area contributed by atoms with Gasteiger partial charge in [-0.15, -0.1) is 0 Å². The summed E-state index contributed by atoms with van der Waals surface area (Å²) in [7, 11) is 1.64. The molecular weight excluding hydrogens is 250 g/mol.